The topological polar surface area (TPSA) is 148 Å². The van der Waals surface area contributed by atoms with Gasteiger partial charge in [-0.25, -0.2) is 4.98 Å². The minimum atomic E-state index is -0.167. The van der Waals surface area contributed by atoms with Gasteiger partial charge in [0.1, 0.15) is 11.6 Å². The highest BCUT2D eigenvalue weighted by Gasteiger charge is 2.31. The first-order chi connectivity index (χ1) is 17.4. The number of amides is 1. The number of hydrogen-bond acceptors (Lipinski definition) is 8. The van der Waals surface area contributed by atoms with Crippen LogP contribution in [-0.2, 0) is 11.3 Å². The Kier molecular flexibility index (Phi) is 6.32. The van der Waals surface area contributed by atoms with Crippen LogP contribution in [0.2, 0.25) is 0 Å². The third kappa shape index (κ3) is 4.61. The van der Waals surface area contributed by atoms with E-state index < -0.39 is 0 Å². The maximum absolute atomic E-state index is 13.1. The summed E-state index contributed by atoms with van der Waals surface area (Å²) in [5.41, 5.74) is 15.4. The van der Waals surface area contributed by atoms with Gasteiger partial charge in [0.05, 0.1) is 24.2 Å². The Morgan fingerprint density at radius 2 is 2.00 bits per heavy atom. The summed E-state index contributed by atoms with van der Waals surface area (Å²) in [7, 11) is 1.63. The van der Waals surface area contributed by atoms with Crippen LogP contribution in [0, 0.1) is 5.92 Å². The van der Waals surface area contributed by atoms with Crippen LogP contribution in [0.3, 0.4) is 0 Å². The standard InChI is InChI=1S/C26H30N8O2/c1-15-7-8-18(25(35)29-13-17-5-3-4-6-22(17)36-2)14-34(15)23-12-20(30-26(28)31-23)16-9-10-19-21(11-16)32-33-24(19)27/h3-6,9-12,15,18H,7-8,13-14H2,1-2H3,(H,29,35)(H3,27,32,33)(H2,28,30,31). The summed E-state index contributed by atoms with van der Waals surface area (Å²) in [5, 5.41) is 10.9. The van der Waals surface area contributed by atoms with E-state index in [-0.39, 0.29) is 23.8 Å². The first-order valence-corrected chi connectivity index (χ1v) is 12.0. The van der Waals surface area contributed by atoms with Crippen LogP contribution >= 0.6 is 0 Å². The number of carbonyl (C=O) groups is 1. The molecule has 0 bridgehead atoms. The predicted molar refractivity (Wildman–Crippen MR) is 140 cm³/mol. The summed E-state index contributed by atoms with van der Waals surface area (Å²) in [6.07, 6.45) is 1.67. The molecule has 2 aromatic carbocycles. The normalized spacial score (nSPS) is 17.8. The summed E-state index contributed by atoms with van der Waals surface area (Å²) in [4.78, 5) is 24.2. The molecule has 1 aliphatic rings. The molecule has 2 atom stereocenters. The Labute approximate surface area is 209 Å². The molecule has 0 aliphatic carbocycles. The first kappa shape index (κ1) is 23.4. The summed E-state index contributed by atoms with van der Waals surface area (Å²) < 4.78 is 5.40. The second-order valence-electron chi connectivity index (χ2n) is 9.14. The Bertz CT molecular complexity index is 1400. The predicted octanol–water partition coefficient (Wildman–Crippen LogP) is 3.11. The van der Waals surface area contributed by atoms with Crippen LogP contribution in [0.4, 0.5) is 17.6 Å². The number of rotatable bonds is 6. The van der Waals surface area contributed by atoms with Crippen molar-refractivity contribution >= 4 is 34.4 Å². The number of nitrogen functional groups attached to an aromatic ring is 2. The van der Waals surface area contributed by atoms with Crippen LogP contribution in [0.15, 0.2) is 48.5 Å². The number of nitrogens with two attached hydrogens (primary N) is 2. The summed E-state index contributed by atoms with van der Waals surface area (Å²) in [5.74, 6) is 1.95. The van der Waals surface area contributed by atoms with E-state index in [2.05, 4.69) is 37.3 Å². The van der Waals surface area contributed by atoms with Crippen LogP contribution < -0.4 is 26.4 Å². The van der Waals surface area contributed by atoms with Gasteiger partial charge in [0.15, 0.2) is 5.82 Å². The molecule has 0 saturated carbocycles. The van der Waals surface area contributed by atoms with E-state index in [1.807, 2.05) is 48.5 Å². The maximum atomic E-state index is 13.1. The molecular formula is C26H30N8O2. The van der Waals surface area contributed by atoms with Crippen LogP contribution in [0.5, 0.6) is 5.75 Å². The lowest BCUT2D eigenvalue weighted by Gasteiger charge is -2.38. The van der Waals surface area contributed by atoms with E-state index >= 15 is 0 Å². The van der Waals surface area contributed by atoms with Crippen molar-refractivity contribution in [2.24, 2.45) is 5.92 Å². The minimum Gasteiger partial charge on any atom is -0.496 e. The zero-order valence-corrected chi connectivity index (χ0v) is 20.4. The molecular weight excluding hydrogens is 456 g/mol. The summed E-state index contributed by atoms with van der Waals surface area (Å²) >= 11 is 0. The fourth-order valence-corrected chi connectivity index (χ4v) is 4.76. The van der Waals surface area contributed by atoms with Crippen LogP contribution in [-0.4, -0.2) is 45.8 Å². The highest BCUT2D eigenvalue weighted by molar-refractivity contribution is 5.91. The van der Waals surface area contributed by atoms with Crippen molar-refractivity contribution in [3.05, 3.63) is 54.1 Å². The largest absolute Gasteiger partial charge is 0.496 e. The lowest BCUT2D eigenvalue weighted by atomic mass is 9.92. The van der Waals surface area contributed by atoms with Gasteiger partial charge >= 0.3 is 0 Å². The fourth-order valence-electron chi connectivity index (χ4n) is 4.76. The second-order valence-corrected chi connectivity index (χ2v) is 9.14. The number of anilines is 3. The van der Waals surface area contributed by atoms with Crippen molar-refractivity contribution in [2.75, 3.05) is 30.0 Å². The third-order valence-corrected chi connectivity index (χ3v) is 6.81. The molecule has 10 nitrogen and oxygen atoms in total. The van der Waals surface area contributed by atoms with Gasteiger partial charge in [-0.2, -0.15) is 10.1 Å². The maximum Gasteiger partial charge on any atom is 0.225 e. The van der Waals surface area contributed by atoms with Gasteiger partial charge in [0, 0.05) is 41.7 Å². The average molecular weight is 487 g/mol. The van der Waals surface area contributed by atoms with Gasteiger partial charge in [-0.05, 0) is 38.0 Å². The molecule has 2 unspecified atom stereocenters. The van der Waals surface area contributed by atoms with Crippen LogP contribution in [0.1, 0.15) is 25.3 Å². The number of ether oxygens (including phenoxy) is 1. The number of para-hydroxylation sites is 1. The Balaban J connectivity index is 1.34. The van der Waals surface area contributed by atoms with E-state index in [9.17, 15) is 4.79 Å². The molecule has 0 radical (unpaired) electrons. The van der Waals surface area contributed by atoms with Gasteiger partial charge in [-0.3, -0.25) is 9.89 Å². The Hall–Kier alpha value is -4.34. The van der Waals surface area contributed by atoms with Crippen LogP contribution in [0.25, 0.3) is 22.2 Å². The number of hydrogen-bond donors (Lipinski definition) is 4. The fraction of sp³-hybridized carbons (Fsp3) is 0.308. The minimum absolute atomic E-state index is 0.0161. The molecule has 1 amide bonds. The summed E-state index contributed by atoms with van der Waals surface area (Å²) in [6, 6.07) is 15.6. The highest BCUT2D eigenvalue weighted by atomic mass is 16.5. The van der Waals surface area contributed by atoms with Gasteiger partial charge in [-0.15, -0.1) is 0 Å². The molecule has 4 aromatic rings. The Morgan fingerprint density at radius 1 is 1.17 bits per heavy atom. The van der Waals surface area contributed by atoms with Gasteiger partial charge < -0.3 is 26.4 Å². The molecule has 10 heteroatoms. The molecule has 1 saturated heterocycles. The zero-order valence-electron chi connectivity index (χ0n) is 20.4. The van der Waals surface area contributed by atoms with E-state index in [0.717, 1.165) is 40.6 Å². The number of H-pyrrole nitrogens is 1. The number of benzene rings is 2. The van der Waals surface area contributed by atoms with Crippen molar-refractivity contribution in [1.82, 2.24) is 25.5 Å². The first-order valence-electron chi connectivity index (χ1n) is 12.0. The van der Waals surface area contributed by atoms with E-state index in [0.29, 0.717) is 30.4 Å². The number of aromatic nitrogens is 4. The smallest absolute Gasteiger partial charge is 0.225 e. The van der Waals surface area contributed by atoms with Gasteiger partial charge in [-0.1, -0.05) is 24.3 Å². The molecule has 186 valence electrons. The lowest BCUT2D eigenvalue weighted by molar-refractivity contribution is -0.125. The average Bonchev–Trinajstić information content (AvgIpc) is 3.27. The number of carbonyl (C=O) groups excluding carboxylic acids is 1. The SMILES string of the molecule is COc1ccccc1CNC(=O)C1CCC(C)N(c2cc(-c3ccc4c(N)n[nH]c4c3)nc(N)n2)C1. The number of nitrogens with zero attached hydrogens (tertiary/aromatic N) is 4. The number of piperidine rings is 1. The second kappa shape index (κ2) is 9.73. The number of aromatic amines is 1. The van der Waals surface area contributed by atoms with Crippen molar-refractivity contribution < 1.29 is 9.53 Å². The molecule has 36 heavy (non-hydrogen) atoms. The number of fused-ring (bicyclic) bond motifs is 1. The monoisotopic (exact) mass is 486 g/mol. The zero-order chi connectivity index (χ0) is 25.2. The van der Waals surface area contributed by atoms with Gasteiger partial charge in [0.25, 0.3) is 0 Å². The molecule has 0 spiro atoms. The van der Waals surface area contributed by atoms with E-state index in [4.69, 9.17) is 16.2 Å². The highest BCUT2D eigenvalue weighted by Crippen LogP contribution is 2.31. The van der Waals surface area contributed by atoms with Crippen molar-refractivity contribution in [3.8, 4) is 17.0 Å². The molecule has 5 rings (SSSR count). The van der Waals surface area contributed by atoms with Crippen molar-refractivity contribution in [3.63, 3.8) is 0 Å². The summed E-state index contributed by atoms with van der Waals surface area (Å²) in [6.45, 7) is 3.10. The quantitative estimate of drug-likeness (QED) is 0.325. The number of methoxy groups -OCH3 is 1. The number of nitrogens with one attached hydrogen (secondary N) is 2. The molecule has 2 aromatic heterocycles. The molecule has 1 aliphatic heterocycles. The molecule has 1 fully saturated rings. The van der Waals surface area contributed by atoms with Gasteiger partial charge in [0.2, 0.25) is 11.9 Å². The third-order valence-electron chi connectivity index (χ3n) is 6.81. The Morgan fingerprint density at radius 3 is 2.83 bits per heavy atom. The van der Waals surface area contributed by atoms with E-state index in [1.54, 1.807) is 7.11 Å². The van der Waals surface area contributed by atoms with Crippen molar-refractivity contribution in [2.45, 2.75) is 32.4 Å². The lowest BCUT2D eigenvalue weighted by Crippen LogP contribution is -2.47. The van der Waals surface area contributed by atoms with Crippen molar-refractivity contribution in [1.29, 1.82) is 0 Å². The molecule has 3 heterocycles. The van der Waals surface area contributed by atoms with E-state index in [1.165, 1.54) is 0 Å². The molecule has 6 N–H and O–H groups in total.